The lowest BCUT2D eigenvalue weighted by Crippen LogP contribution is -2.05. The van der Waals surface area contributed by atoms with Gasteiger partial charge in [-0.1, -0.05) is 11.8 Å². The predicted octanol–water partition coefficient (Wildman–Crippen LogP) is 5.15. The normalized spacial score (nSPS) is 13.7. The van der Waals surface area contributed by atoms with Crippen molar-refractivity contribution in [3.63, 3.8) is 0 Å². The van der Waals surface area contributed by atoms with E-state index in [-0.39, 0.29) is 17.3 Å². The minimum absolute atomic E-state index is 0.0385. The molecule has 1 aliphatic carbocycles. The Morgan fingerprint density at radius 3 is 2.74 bits per heavy atom. The lowest BCUT2D eigenvalue weighted by molar-refractivity contribution is -0.0498. The van der Waals surface area contributed by atoms with Crippen LogP contribution in [-0.2, 0) is 12.8 Å². The van der Waals surface area contributed by atoms with Crippen LogP contribution in [0.3, 0.4) is 0 Å². The number of ether oxygens (including phenoxy) is 1. The van der Waals surface area contributed by atoms with Crippen molar-refractivity contribution >= 4 is 39.1 Å². The van der Waals surface area contributed by atoms with Crippen molar-refractivity contribution in [2.24, 2.45) is 0 Å². The topological polar surface area (TPSA) is 52.1 Å². The van der Waals surface area contributed by atoms with Gasteiger partial charge in [0, 0.05) is 15.8 Å². The van der Waals surface area contributed by atoms with Gasteiger partial charge in [0.25, 0.3) is 0 Å². The number of fused-ring (bicyclic) bond motifs is 3. The molecule has 1 aromatic carbocycles. The second-order valence-electron chi connectivity index (χ2n) is 6.18. The number of carbonyl (C=O) groups excluding carboxylic acids is 1. The van der Waals surface area contributed by atoms with E-state index in [2.05, 4.69) is 14.7 Å². The zero-order valence-corrected chi connectivity index (χ0v) is 15.9. The number of alkyl halides is 2. The third-order valence-corrected chi connectivity index (χ3v) is 6.65. The number of carbonyl (C=O) groups is 1. The average Bonchev–Trinajstić information content (AvgIpc) is 3.05. The molecule has 0 spiro atoms. The van der Waals surface area contributed by atoms with Crippen LogP contribution in [0.2, 0.25) is 0 Å². The van der Waals surface area contributed by atoms with Gasteiger partial charge in [0.1, 0.15) is 21.9 Å². The van der Waals surface area contributed by atoms with Crippen LogP contribution in [0.5, 0.6) is 5.75 Å². The minimum atomic E-state index is -2.88. The zero-order chi connectivity index (χ0) is 18.8. The van der Waals surface area contributed by atoms with Gasteiger partial charge in [-0.15, -0.1) is 11.3 Å². The monoisotopic (exact) mass is 406 g/mol. The molecule has 27 heavy (non-hydrogen) atoms. The molecule has 0 unspecified atom stereocenters. The number of hydrogen-bond acceptors (Lipinski definition) is 6. The summed E-state index contributed by atoms with van der Waals surface area (Å²) in [5.74, 6) is 0.183. The molecule has 0 atom stereocenters. The van der Waals surface area contributed by atoms with Crippen LogP contribution in [0.4, 0.5) is 8.78 Å². The quantitative estimate of drug-likeness (QED) is 0.322. The molecule has 140 valence electrons. The van der Waals surface area contributed by atoms with E-state index in [1.54, 1.807) is 17.7 Å². The van der Waals surface area contributed by atoms with Crippen LogP contribution >= 0.6 is 23.1 Å². The average molecular weight is 406 g/mol. The number of halogens is 2. The maximum absolute atomic E-state index is 12.5. The number of aryl methyl sites for hydroxylation is 2. The number of benzene rings is 1. The highest BCUT2D eigenvalue weighted by molar-refractivity contribution is 8.00. The number of thiophene rings is 1. The third-order valence-electron chi connectivity index (χ3n) is 4.46. The number of nitrogens with zero attached hydrogens (tertiary/aromatic N) is 2. The van der Waals surface area contributed by atoms with Crippen LogP contribution in [-0.4, -0.2) is 28.1 Å². The molecule has 1 aliphatic rings. The molecule has 0 fully saturated rings. The van der Waals surface area contributed by atoms with Gasteiger partial charge in [-0.25, -0.2) is 9.97 Å². The number of thioether (sulfide) groups is 1. The summed E-state index contributed by atoms with van der Waals surface area (Å²) in [6, 6.07) is 5.76. The highest BCUT2D eigenvalue weighted by atomic mass is 32.2. The first-order chi connectivity index (χ1) is 13.1. The van der Waals surface area contributed by atoms with Crippen molar-refractivity contribution < 1.29 is 18.3 Å². The van der Waals surface area contributed by atoms with Crippen molar-refractivity contribution in [1.82, 2.24) is 9.97 Å². The van der Waals surface area contributed by atoms with Crippen molar-refractivity contribution in [2.75, 3.05) is 5.75 Å². The highest BCUT2D eigenvalue weighted by Gasteiger charge is 2.20. The van der Waals surface area contributed by atoms with Crippen LogP contribution in [0, 0.1) is 0 Å². The smallest absolute Gasteiger partial charge is 0.387 e. The first-order valence-electron chi connectivity index (χ1n) is 8.58. The maximum Gasteiger partial charge on any atom is 0.387 e. The largest absolute Gasteiger partial charge is 0.435 e. The molecular weight excluding hydrogens is 390 g/mol. The highest BCUT2D eigenvalue weighted by Crippen LogP contribution is 2.39. The Kier molecular flexibility index (Phi) is 5.36. The molecule has 4 rings (SSSR count). The molecule has 0 saturated heterocycles. The molecule has 2 aromatic heterocycles. The fourth-order valence-corrected chi connectivity index (χ4v) is 5.42. The summed E-state index contributed by atoms with van der Waals surface area (Å²) in [5.41, 5.74) is 1.80. The number of ketones is 1. The van der Waals surface area contributed by atoms with Crippen LogP contribution in [0.25, 0.3) is 10.2 Å². The van der Waals surface area contributed by atoms with Crippen molar-refractivity contribution in [1.29, 1.82) is 0 Å². The second kappa shape index (κ2) is 7.90. The van der Waals surface area contributed by atoms with Crippen LogP contribution in [0.1, 0.15) is 33.6 Å². The SMILES string of the molecule is O=C(CSc1ncnc2sc3c(c12)CCCC3)c1ccc(OC(F)F)cc1. The van der Waals surface area contributed by atoms with Gasteiger partial charge in [-0.3, -0.25) is 4.79 Å². The molecule has 2 heterocycles. The standard InChI is InChI=1S/C19H16F2N2O2S2/c20-19(21)25-12-7-5-11(6-8-12)14(24)9-26-17-16-13-3-1-2-4-15(13)27-18(16)23-10-22-17/h5-8,10,19H,1-4,9H2. The lowest BCUT2D eigenvalue weighted by Gasteiger charge is -2.11. The number of rotatable bonds is 6. The summed E-state index contributed by atoms with van der Waals surface area (Å²) in [7, 11) is 0. The molecular formula is C19H16F2N2O2S2. The number of aromatic nitrogens is 2. The number of hydrogen-bond donors (Lipinski definition) is 0. The number of Topliss-reactive ketones (excluding diaryl/α,β-unsaturated/α-hetero) is 1. The summed E-state index contributed by atoms with van der Waals surface area (Å²) in [4.78, 5) is 23.6. The van der Waals surface area contributed by atoms with Gasteiger partial charge in [0.05, 0.1) is 5.75 Å². The van der Waals surface area contributed by atoms with Gasteiger partial charge in [0.2, 0.25) is 0 Å². The molecule has 0 N–H and O–H groups in total. The Labute approximate surface area is 163 Å². The lowest BCUT2D eigenvalue weighted by atomic mass is 9.97. The molecule has 0 saturated carbocycles. The fourth-order valence-electron chi connectivity index (χ4n) is 3.21. The van der Waals surface area contributed by atoms with Gasteiger partial charge >= 0.3 is 6.61 Å². The van der Waals surface area contributed by atoms with E-state index in [1.165, 1.54) is 59.3 Å². The minimum Gasteiger partial charge on any atom is -0.435 e. The predicted molar refractivity (Wildman–Crippen MR) is 102 cm³/mol. The molecule has 3 aromatic rings. The second-order valence-corrected chi connectivity index (χ2v) is 8.23. The van der Waals surface area contributed by atoms with E-state index in [9.17, 15) is 13.6 Å². The zero-order valence-electron chi connectivity index (χ0n) is 14.3. The first-order valence-corrected chi connectivity index (χ1v) is 10.4. The van der Waals surface area contributed by atoms with Gasteiger partial charge in [0.15, 0.2) is 5.78 Å². The van der Waals surface area contributed by atoms with E-state index in [4.69, 9.17) is 0 Å². The summed E-state index contributed by atoms with van der Waals surface area (Å²) in [5, 5.41) is 1.93. The Balaban J connectivity index is 1.50. The van der Waals surface area contributed by atoms with Crippen molar-refractivity contribution in [2.45, 2.75) is 37.3 Å². The van der Waals surface area contributed by atoms with Crippen LogP contribution in [0.15, 0.2) is 35.6 Å². The molecule has 0 bridgehead atoms. The fraction of sp³-hybridized carbons (Fsp3) is 0.316. The Morgan fingerprint density at radius 1 is 1.19 bits per heavy atom. The summed E-state index contributed by atoms with van der Waals surface area (Å²) < 4.78 is 28.7. The first kappa shape index (κ1) is 18.3. The van der Waals surface area contributed by atoms with Gasteiger partial charge in [-0.05, 0) is 55.5 Å². The summed E-state index contributed by atoms with van der Waals surface area (Å²) >= 11 is 3.13. The Bertz CT molecular complexity index is 974. The molecule has 0 amide bonds. The summed E-state index contributed by atoms with van der Waals surface area (Å²) in [6.45, 7) is -2.88. The van der Waals surface area contributed by atoms with E-state index >= 15 is 0 Å². The van der Waals surface area contributed by atoms with Gasteiger partial charge in [-0.2, -0.15) is 8.78 Å². The molecule has 8 heteroatoms. The van der Waals surface area contributed by atoms with E-state index < -0.39 is 6.61 Å². The van der Waals surface area contributed by atoms with E-state index in [0.29, 0.717) is 5.56 Å². The van der Waals surface area contributed by atoms with E-state index in [1.807, 2.05) is 0 Å². The molecule has 0 aliphatic heterocycles. The Morgan fingerprint density at radius 2 is 1.96 bits per heavy atom. The maximum atomic E-state index is 12.5. The van der Waals surface area contributed by atoms with Crippen molar-refractivity contribution in [3.8, 4) is 5.75 Å². The van der Waals surface area contributed by atoms with Crippen molar-refractivity contribution in [3.05, 3.63) is 46.6 Å². The molecule has 0 radical (unpaired) electrons. The van der Waals surface area contributed by atoms with E-state index in [0.717, 1.165) is 28.1 Å². The summed E-state index contributed by atoms with van der Waals surface area (Å²) in [6.07, 6.45) is 6.05. The Hall–Kier alpha value is -2.06. The third kappa shape index (κ3) is 3.96. The van der Waals surface area contributed by atoms with Crippen LogP contribution < -0.4 is 4.74 Å². The molecule has 4 nitrogen and oxygen atoms in total. The van der Waals surface area contributed by atoms with Gasteiger partial charge < -0.3 is 4.74 Å².